The number of esters is 2. The molecule has 0 aliphatic rings. The highest BCUT2D eigenvalue weighted by Crippen LogP contribution is 2.43. The van der Waals surface area contributed by atoms with Crippen LogP contribution in [0.1, 0.15) is 201 Å². The number of unbranched alkanes of at least 4 members (excludes halogenated alkanes) is 22. The molecule has 0 aromatic rings. The molecule has 0 bridgehead atoms. The van der Waals surface area contributed by atoms with Crippen LogP contribution < -0.4 is 5.73 Å². The van der Waals surface area contributed by atoms with Gasteiger partial charge in [-0.2, -0.15) is 0 Å². The molecule has 0 spiro atoms. The Morgan fingerprint density at radius 2 is 1.02 bits per heavy atom. The van der Waals surface area contributed by atoms with E-state index in [2.05, 4.69) is 26.0 Å². The van der Waals surface area contributed by atoms with Crippen molar-refractivity contribution in [1.82, 2.24) is 0 Å². The lowest BCUT2D eigenvalue weighted by molar-refractivity contribution is -0.161. The topological polar surface area (TPSA) is 151 Å². The van der Waals surface area contributed by atoms with Crippen molar-refractivity contribution in [2.24, 2.45) is 5.73 Å². The number of carbonyl (C=O) groups excluding carboxylic acids is 3. The smallest absolute Gasteiger partial charge is 0.462 e. The quantitative estimate of drug-likeness (QED) is 0.0266. The molecular weight excluding hydrogens is 705 g/mol. The third-order valence-corrected chi connectivity index (χ3v) is 10.4. The zero-order valence-corrected chi connectivity index (χ0v) is 35.5. The van der Waals surface area contributed by atoms with Gasteiger partial charge < -0.3 is 20.1 Å². The van der Waals surface area contributed by atoms with Gasteiger partial charge in [-0.25, -0.2) is 4.57 Å². The second-order valence-electron chi connectivity index (χ2n) is 14.8. The zero-order chi connectivity index (χ0) is 40.0. The predicted octanol–water partition coefficient (Wildman–Crippen LogP) is 11.6. The van der Waals surface area contributed by atoms with Gasteiger partial charge in [-0.1, -0.05) is 173 Å². The van der Waals surface area contributed by atoms with Crippen molar-refractivity contribution in [3.8, 4) is 0 Å². The van der Waals surface area contributed by atoms with Gasteiger partial charge in [0.15, 0.2) is 6.10 Å². The Balaban J connectivity index is 4.43. The number of phosphoric acid groups is 1. The first-order valence-electron chi connectivity index (χ1n) is 21.6. The molecule has 0 saturated carbocycles. The van der Waals surface area contributed by atoms with Crippen molar-refractivity contribution in [3.63, 3.8) is 0 Å². The van der Waals surface area contributed by atoms with Crippen LogP contribution in [-0.4, -0.2) is 54.6 Å². The number of ketones is 1. The number of ether oxygens (including phenoxy) is 2. The summed E-state index contributed by atoms with van der Waals surface area (Å²) in [5.41, 5.74) is 5.57. The van der Waals surface area contributed by atoms with E-state index >= 15 is 0 Å². The Kier molecular flexibility index (Phi) is 36.8. The Bertz CT molecular complexity index is 1020. The molecule has 54 heavy (non-hydrogen) atoms. The summed E-state index contributed by atoms with van der Waals surface area (Å²) < 4.78 is 33.0. The summed E-state index contributed by atoms with van der Waals surface area (Å²) in [6.07, 6.45) is 38.7. The molecule has 0 aromatic heterocycles. The van der Waals surface area contributed by atoms with Gasteiger partial charge in [0.25, 0.3) is 0 Å². The monoisotopic (exact) mass is 786 g/mol. The van der Waals surface area contributed by atoms with Crippen molar-refractivity contribution in [2.45, 2.75) is 213 Å². The SMILES string of the molecule is CCCCCCCCCC/C=C\C/C=C\CCC(=O)OC(COC(=O)CCCCCCCCCCCCCCCCC)COP(=O)(O)OCC(N)C(C)=O. The lowest BCUT2D eigenvalue weighted by Gasteiger charge is -2.20. The van der Waals surface area contributed by atoms with Crippen LogP contribution >= 0.6 is 7.82 Å². The van der Waals surface area contributed by atoms with Gasteiger partial charge in [0.2, 0.25) is 0 Å². The van der Waals surface area contributed by atoms with Gasteiger partial charge in [0, 0.05) is 12.8 Å². The second-order valence-corrected chi connectivity index (χ2v) is 16.2. The first-order valence-corrected chi connectivity index (χ1v) is 23.1. The minimum atomic E-state index is -4.61. The highest BCUT2D eigenvalue weighted by molar-refractivity contribution is 7.47. The van der Waals surface area contributed by atoms with E-state index in [0.29, 0.717) is 12.8 Å². The van der Waals surface area contributed by atoms with Gasteiger partial charge in [-0.05, 0) is 39.0 Å². The lowest BCUT2D eigenvalue weighted by atomic mass is 10.0. The molecule has 0 aliphatic heterocycles. The maximum absolute atomic E-state index is 12.6. The Labute approximate surface area is 329 Å². The standard InChI is InChI=1S/C43H80NO9P/c1-4-6-8-10-12-14-16-18-20-22-24-26-28-30-32-34-42(46)50-36-40(37-51-54(48,49)52-38-41(44)39(3)45)53-43(47)35-33-31-29-27-25-23-21-19-17-15-13-11-9-7-5-2/h23,25,29,31,40-41H,4-22,24,26-28,30,32-38,44H2,1-3H3,(H,48,49)/b25-23-,31-29-. The molecule has 0 fully saturated rings. The van der Waals surface area contributed by atoms with E-state index in [-0.39, 0.29) is 19.4 Å². The second kappa shape index (κ2) is 38.1. The van der Waals surface area contributed by atoms with E-state index in [4.69, 9.17) is 24.3 Å². The summed E-state index contributed by atoms with van der Waals surface area (Å²) in [7, 11) is -4.61. The number of rotatable bonds is 40. The lowest BCUT2D eigenvalue weighted by Crippen LogP contribution is -2.33. The number of Topliss-reactive ketones (excluding diaryl/α,β-unsaturated/α-hetero) is 1. The van der Waals surface area contributed by atoms with Gasteiger partial charge >= 0.3 is 19.8 Å². The minimum absolute atomic E-state index is 0.0861. The third-order valence-electron chi connectivity index (χ3n) is 9.42. The van der Waals surface area contributed by atoms with Crippen LogP contribution in [0, 0.1) is 0 Å². The number of allylic oxidation sites excluding steroid dienone is 4. The fourth-order valence-electron chi connectivity index (χ4n) is 5.87. The first-order chi connectivity index (χ1) is 26.1. The molecule has 3 N–H and O–H groups in total. The molecule has 3 atom stereocenters. The first kappa shape index (κ1) is 52.2. The zero-order valence-electron chi connectivity index (χ0n) is 34.6. The van der Waals surface area contributed by atoms with E-state index in [9.17, 15) is 23.8 Å². The fourth-order valence-corrected chi connectivity index (χ4v) is 6.65. The Morgan fingerprint density at radius 3 is 1.52 bits per heavy atom. The van der Waals surface area contributed by atoms with Crippen molar-refractivity contribution in [2.75, 3.05) is 19.8 Å². The van der Waals surface area contributed by atoms with E-state index in [1.807, 2.05) is 12.2 Å². The maximum atomic E-state index is 12.6. The number of phosphoric ester groups is 1. The normalized spacial score (nSPS) is 14.0. The molecule has 0 radical (unpaired) electrons. The molecule has 0 heterocycles. The van der Waals surface area contributed by atoms with Crippen molar-refractivity contribution in [3.05, 3.63) is 24.3 Å². The van der Waals surface area contributed by atoms with Crippen molar-refractivity contribution in [1.29, 1.82) is 0 Å². The Morgan fingerprint density at radius 1 is 0.574 bits per heavy atom. The molecule has 0 rings (SSSR count). The van der Waals surface area contributed by atoms with Gasteiger partial charge in [-0.15, -0.1) is 0 Å². The van der Waals surface area contributed by atoms with Crippen molar-refractivity contribution < 1.29 is 42.4 Å². The molecule has 0 aliphatic carbocycles. The summed E-state index contributed by atoms with van der Waals surface area (Å²) in [6.45, 7) is 4.36. The van der Waals surface area contributed by atoms with Gasteiger partial charge in [0.1, 0.15) is 12.4 Å². The number of hydrogen-bond acceptors (Lipinski definition) is 9. The van der Waals surface area contributed by atoms with Crippen LogP contribution in [0.4, 0.5) is 0 Å². The summed E-state index contributed by atoms with van der Waals surface area (Å²) in [6, 6.07) is -1.08. The van der Waals surface area contributed by atoms with E-state index in [0.717, 1.165) is 32.1 Å². The number of nitrogens with two attached hydrogens (primary N) is 1. The summed E-state index contributed by atoms with van der Waals surface area (Å²) in [4.78, 5) is 46.4. The maximum Gasteiger partial charge on any atom is 0.472 e. The minimum Gasteiger partial charge on any atom is -0.462 e. The van der Waals surface area contributed by atoms with Gasteiger partial charge in [-0.3, -0.25) is 23.4 Å². The van der Waals surface area contributed by atoms with Crippen LogP contribution in [0.25, 0.3) is 0 Å². The molecular formula is C43H80NO9P. The molecule has 0 saturated heterocycles. The fraction of sp³-hybridized carbons (Fsp3) is 0.837. The highest BCUT2D eigenvalue weighted by Gasteiger charge is 2.27. The summed E-state index contributed by atoms with van der Waals surface area (Å²) >= 11 is 0. The van der Waals surface area contributed by atoms with Crippen LogP contribution in [0.15, 0.2) is 24.3 Å². The van der Waals surface area contributed by atoms with Crippen LogP contribution in [-0.2, 0) is 37.5 Å². The molecule has 11 heteroatoms. The van der Waals surface area contributed by atoms with Crippen LogP contribution in [0.5, 0.6) is 0 Å². The largest absolute Gasteiger partial charge is 0.472 e. The van der Waals surface area contributed by atoms with Crippen LogP contribution in [0.2, 0.25) is 0 Å². The molecule has 3 unspecified atom stereocenters. The molecule has 0 aromatic carbocycles. The predicted molar refractivity (Wildman–Crippen MR) is 220 cm³/mol. The van der Waals surface area contributed by atoms with E-state index in [1.165, 1.54) is 129 Å². The van der Waals surface area contributed by atoms with Gasteiger partial charge in [0.05, 0.1) is 19.3 Å². The van der Waals surface area contributed by atoms with E-state index < -0.39 is 50.9 Å². The van der Waals surface area contributed by atoms with Crippen LogP contribution in [0.3, 0.4) is 0 Å². The molecule has 316 valence electrons. The average molecular weight is 786 g/mol. The Hall–Kier alpha value is -1.84. The number of hydrogen-bond donors (Lipinski definition) is 2. The summed E-state index contributed by atoms with van der Waals surface area (Å²) in [5.74, 6) is -1.39. The third kappa shape index (κ3) is 37.1. The van der Waals surface area contributed by atoms with Crippen molar-refractivity contribution >= 4 is 25.5 Å². The summed E-state index contributed by atoms with van der Waals surface area (Å²) in [5, 5.41) is 0. The number of carbonyl (C=O) groups is 3. The highest BCUT2D eigenvalue weighted by atomic mass is 31.2. The molecule has 10 nitrogen and oxygen atoms in total. The molecule has 0 amide bonds. The average Bonchev–Trinajstić information content (AvgIpc) is 3.14. The van der Waals surface area contributed by atoms with E-state index in [1.54, 1.807) is 0 Å².